The largest absolute Gasteiger partial charge is 0.298 e. The molecule has 1 aliphatic rings. The van der Waals surface area contributed by atoms with Crippen molar-refractivity contribution in [2.75, 3.05) is 0 Å². The minimum Gasteiger partial charge on any atom is -0.298 e. The number of rotatable bonds is 1. The summed E-state index contributed by atoms with van der Waals surface area (Å²) in [4.78, 5) is 0. The summed E-state index contributed by atoms with van der Waals surface area (Å²) in [5.41, 5.74) is 2.59. The van der Waals surface area contributed by atoms with Crippen LogP contribution in [0.5, 0.6) is 0 Å². The first-order valence-corrected chi connectivity index (χ1v) is 2.39. The molecule has 1 unspecified atom stereocenters. The predicted octanol–water partition coefficient (Wildman–Crippen LogP) is 0.517. The van der Waals surface area contributed by atoms with Gasteiger partial charge in [-0.2, -0.15) is 5.10 Å². The number of nitrogens with one attached hydrogen (secondary N) is 1. The van der Waals surface area contributed by atoms with Crippen LogP contribution in [0.3, 0.4) is 0 Å². The Morgan fingerprint density at radius 2 is 2.71 bits per heavy atom. The zero-order valence-electron chi connectivity index (χ0n) is 4.23. The van der Waals surface area contributed by atoms with Crippen LogP contribution in [0.15, 0.2) is 5.10 Å². The highest BCUT2D eigenvalue weighted by molar-refractivity contribution is 5.63. The van der Waals surface area contributed by atoms with Gasteiger partial charge < -0.3 is 0 Å². The molecule has 0 aromatic carbocycles. The first-order valence-electron chi connectivity index (χ1n) is 2.39. The van der Waals surface area contributed by atoms with E-state index in [4.69, 9.17) is 0 Å². The lowest BCUT2D eigenvalue weighted by atomic mass is 10.1. The molecular formula is C5H7N2. The molecule has 0 bridgehead atoms. The summed E-state index contributed by atoms with van der Waals surface area (Å²) in [6.45, 7) is 4.96. The van der Waals surface area contributed by atoms with Crippen LogP contribution in [-0.4, -0.2) is 6.21 Å². The summed E-state index contributed by atoms with van der Waals surface area (Å²) in [6, 6.07) is 0. The van der Waals surface area contributed by atoms with E-state index in [1.54, 1.807) is 0 Å². The molecule has 0 aliphatic carbocycles. The van der Waals surface area contributed by atoms with Gasteiger partial charge in [0.05, 0.1) is 6.21 Å². The van der Waals surface area contributed by atoms with Crippen molar-refractivity contribution in [3.63, 3.8) is 0 Å². The Hall–Kier alpha value is -0.530. The zero-order chi connectivity index (χ0) is 5.11. The van der Waals surface area contributed by atoms with Crippen molar-refractivity contribution in [3.05, 3.63) is 6.54 Å². The fraction of sp³-hybridized carbons (Fsp3) is 0.600. The normalized spacial score (nSPS) is 27.9. The van der Waals surface area contributed by atoms with Gasteiger partial charge in [0, 0.05) is 5.92 Å². The van der Waals surface area contributed by atoms with E-state index in [0.29, 0.717) is 5.92 Å². The number of nitrogens with zero attached hydrogens (tertiary/aromatic N) is 1. The van der Waals surface area contributed by atoms with Crippen molar-refractivity contribution in [1.29, 1.82) is 0 Å². The number of hydrogen-bond acceptors (Lipinski definition) is 2. The Kier molecular flexibility index (Phi) is 1.29. The predicted molar refractivity (Wildman–Crippen MR) is 27.6 cm³/mol. The summed E-state index contributed by atoms with van der Waals surface area (Å²) < 4.78 is 0. The standard InChI is InChI=1S/C5H7N2/c1-2-5-3-6-7-4-5/h5-6H,2H2,1H3. The van der Waals surface area contributed by atoms with E-state index in [-0.39, 0.29) is 0 Å². The van der Waals surface area contributed by atoms with Gasteiger partial charge >= 0.3 is 0 Å². The molecular weight excluding hydrogens is 88.1 g/mol. The Morgan fingerprint density at radius 1 is 1.86 bits per heavy atom. The van der Waals surface area contributed by atoms with Crippen molar-refractivity contribution < 1.29 is 0 Å². The van der Waals surface area contributed by atoms with Crippen molar-refractivity contribution in [2.24, 2.45) is 11.0 Å². The van der Waals surface area contributed by atoms with Crippen molar-refractivity contribution in [1.82, 2.24) is 5.43 Å². The van der Waals surface area contributed by atoms with Gasteiger partial charge in [-0.3, -0.25) is 5.43 Å². The molecule has 3 radical (unpaired) electrons. The van der Waals surface area contributed by atoms with Crippen LogP contribution in [0.25, 0.3) is 0 Å². The number of hydrogen-bond donors (Lipinski definition) is 1. The van der Waals surface area contributed by atoms with Crippen LogP contribution in [0.4, 0.5) is 0 Å². The minimum atomic E-state index is 0.319. The fourth-order valence-corrected chi connectivity index (χ4v) is 0.446. The second kappa shape index (κ2) is 1.96. The summed E-state index contributed by atoms with van der Waals surface area (Å²) in [6.07, 6.45) is 3.85. The molecule has 1 atom stereocenters. The molecule has 1 heterocycles. The minimum absolute atomic E-state index is 0.319. The Bertz CT molecular complexity index is 78.1. The topological polar surface area (TPSA) is 24.4 Å². The van der Waals surface area contributed by atoms with Crippen molar-refractivity contribution in [3.8, 4) is 0 Å². The highest BCUT2D eigenvalue weighted by atomic mass is 15.3. The lowest BCUT2D eigenvalue weighted by Crippen LogP contribution is -2.00. The van der Waals surface area contributed by atoms with Gasteiger partial charge in [0.1, 0.15) is 6.54 Å². The molecule has 37 valence electrons. The molecule has 1 rings (SSSR count). The Balaban J connectivity index is 2.28. The number of hydrazone groups is 1. The second-order valence-electron chi connectivity index (χ2n) is 1.46. The molecule has 0 saturated carbocycles. The van der Waals surface area contributed by atoms with Crippen LogP contribution in [0.1, 0.15) is 13.3 Å². The summed E-state index contributed by atoms with van der Waals surface area (Å²) >= 11 is 0. The molecule has 0 saturated heterocycles. The van der Waals surface area contributed by atoms with Gasteiger partial charge in [-0.25, -0.2) is 0 Å². The molecule has 0 aromatic rings. The molecule has 0 spiro atoms. The van der Waals surface area contributed by atoms with E-state index >= 15 is 0 Å². The molecule has 0 fully saturated rings. The van der Waals surface area contributed by atoms with Crippen LogP contribution in [0.2, 0.25) is 0 Å². The first-order chi connectivity index (χ1) is 3.43. The molecule has 2 nitrogen and oxygen atoms in total. The highest BCUT2D eigenvalue weighted by Crippen LogP contribution is 2.04. The quantitative estimate of drug-likeness (QED) is 0.504. The van der Waals surface area contributed by atoms with E-state index in [1.807, 2.05) is 0 Å². The summed E-state index contributed by atoms with van der Waals surface area (Å²) in [7, 11) is 0. The van der Waals surface area contributed by atoms with E-state index in [1.165, 1.54) is 0 Å². The molecule has 1 aliphatic heterocycles. The van der Waals surface area contributed by atoms with Crippen molar-refractivity contribution >= 4 is 6.21 Å². The average Bonchev–Trinajstić information content (AvgIpc) is 2.14. The second-order valence-corrected chi connectivity index (χ2v) is 1.46. The van der Waals surface area contributed by atoms with Crippen LogP contribution in [0, 0.1) is 12.5 Å². The third-order valence-corrected chi connectivity index (χ3v) is 0.923. The van der Waals surface area contributed by atoms with Crippen LogP contribution in [-0.2, 0) is 0 Å². The Morgan fingerprint density at radius 3 is 3.00 bits per heavy atom. The van der Waals surface area contributed by atoms with Gasteiger partial charge in [-0.05, 0) is 6.42 Å². The van der Waals surface area contributed by atoms with E-state index in [2.05, 4.69) is 30.2 Å². The van der Waals surface area contributed by atoms with Gasteiger partial charge in [0.2, 0.25) is 0 Å². The maximum Gasteiger partial charge on any atom is 0.118 e. The molecule has 1 N–H and O–H groups in total. The van der Waals surface area contributed by atoms with Gasteiger partial charge in [-0.1, -0.05) is 6.92 Å². The van der Waals surface area contributed by atoms with Gasteiger partial charge in [0.15, 0.2) is 0 Å². The highest BCUT2D eigenvalue weighted by Gasteiger charge is 2.07. The zero-order valence-corrected chi connectivity index (χ0v) is 4.23. The average molecular weight is 95.1 g/mol. The summed E-state index contributed by atoms with van der Waals surface area (Å²) in [5.74, 6) is 0.319. The maximum absolute atomic E-state index is 3.62. The van der Waals surface area contributed by atoms with E-state index < -0.39 is 0 Å². The molecule has 2 heteroatoms. The molecule has 7 heavy (non-hydrogen) atoms. The van der Waals surface area contributed by atoms with E-state index in [0.717, 1.165) is 6.42 Å². The van der Waals surface area contributed by atoms with Gasteiger partial charge in [0.25, 0.3) is 0 Å². The third kappa shape index (κ3) is 0.918. The first kappa shape index (κ1) is 4.62. The SMILES string of the molecule is CCC1[C]NN=[C]1. The Labute approximate surface area is 43.6 Å². The smallest absolute Gasteiger partial charge is 0.118 e. The maximum atomic E-state index is 3.62. The fourth-order valence-electron chi connectivity index (χ4n) is 0.446. The van der Waals surface area contributed by atoms with Crippen molar-refractivity contribution in [2.45, 2.75) is 13.3 Å². The van der Waals surface area contributed by atoms with Crippen LogP contribution >= 0.6 is 0 Å². The van der Waals surface area contributed by atoms with Gasteiger partial charge in [-0.15, -0.1) is 0 Å². The lowest BCUT2D eigenvalue weighted by molar-refractivity contribution is 0.737. The molecule has 0 aromatic heterocycles. The summed E-state index contributed by atoms with van der Waals surface area (Å²) in [5, 5.41) is 3.62. The third-order valence-electron chi connectivity index (χ3n) is 0.923. The van der Waals surface area contributed by atoms with E-state index in [9.17, 15) is 0 Å². The monoisotopic (exact) mass is 95.1 g/mol. The lowest BCUT2D eigenvalue weighted by Gasteiger charge is -1.92. The van der Waals surface area contributed by atoms with Crippen LogP contribution < -0.4 is 5.43 Å². The molecule has 0 amide bonds.